The Morgan fingerprint density at radius 2 is 2.00 bits per heavy atom. The normalized spacial score (nSPS) is 26.5. The molecule has 2 rings (SSSR count). The third-order valence-electron chi connectivity index (χ3n) is 4.12. The predicted molar refractivity (Wildman–Crippen MR) is 81.8 cm³/mol. The Morgan fingerprint density at radius 1 is 1.30 bits per heavy atom. The molecule has 2 saturated heterocycles. The van der Waals surface area contributed by atoms with Crippen LogP contribution in [0.25, 0.3) is 0 Å². The van der Waals surface area contributed by atoms with E-state index in [0.29, 0.717) is 13.0 Å². The molecule has 0 aromatic heterocycles. The van der Waals surface area contributed by atoms with Gasteiger partial charge in [-0.3, -0.25) is 14.4 Å². The van der Waals surface area contributed by atoms with Gasteiger partial charge in [-0.2, -0.15) is 4.31 Å². The number of sulfonamides is 1. The van der Waals surface area contributed by atoms with Gasteiger partial charge in [-0.25, -0.2) is 8.42 Å². The Kier molecular flexibility index (Phi) is 5.25. The van der Waals surface area contributed by atoms with Gasteiger partial charge in [0, 0.05) is 33.1 Å². The second-order valence-corrected chi connectivity index (χ2v) is 7.83. The SMILES string of the molecule is CC(=O)N1CCN(S(C)(=O)=O)CC1C(=O)NC1CCCNC1=O. The van der Waals surface area contributed by atoms with E-state index in [-0.39, 0.29) is 31.4 Å². The fraction of sp³-hybridized carbons (Fsp3) is 0.769. The highest BCUT2D eigenvalue weighted by Crippen LogP contribution is 2.14. The number of piperazine rings is 1. The number of hydrogen-bond donors (Lipinski definition) is 2. The van der Waals surface area contributed by atoms with Gasteiger partial charge in [0.2, 0.25) is 27.7 Å². The first-order chi connectivity index (χ1) is 10.7. The zero-order valence-electron chi connectivity index (χ0n) is 13.2. The van der Waals surface area contributed by atoms with Crippen molar-refractivity contribution < 1.29 is 22.8 Å². The van der Waals surface area contributed by atoms with Crippen molar-refractivity contribution in [2.24, 2.45) is 0 Å². The molecule has 0 radical (unpaired) electrons. The predicted octanol–water partition coefficient (Wildman–Crippen LogP) is -2.13. The van der Waals surface area contributed by atoms with Crippen molar-refractivity contribution in [2.75, 3.05) is 32.4 Å². The summed E-state index contributed by atoms with van der Waals surface area (Å²) in [5.41, 5.74) is 0. The lowest BCUT2D eigenvalue weighted by Gasteiger charge is -2.39. The summed E-state index contributed by atoms with van der Waals surface area (Å²) in [5, 5.41) is 5.30. The van der Waals surface area contributed by atoms with Gasteiger partial charge in [-0.1, -0.05) is 0 Å². The van der Waals surface area contributed by atoms with Crippen LogP contribution in [-0.4, -0.2) is 79.9 Å². The standard InChI is InChI=1S/C13H22N4O5S/c1-9(18)17-7-6-16(23(2,21)22)8-11(17)13(20)15-10-4-3-5-14-12(10)19/h10-11H,3-8H2,1-2H3,(H,14,19)(H,15,20). The molecule has 0 bridgehead atoms. The van der Waals surface area contributed by atoms with Crippen LogP contribution in [0, 0.1) is 0 Å². The quantitative estimate of drug-likeness (QED) is 0.606. The zero-order chi connectivity index (χ0) is 17.2. The Morgan fingerprint density at radius 3 is 2.57 bits per heavy atom. The minimum absolute atomic E-state index is 0.0986. The van der Waals surface area contributed by atoms with Crippen molar-refractivity contribution in [1.82, 2.24) is 19.8 Å². The molecule has 10 heteroatoms. The molecule has 0 aliphatic carbocycles. The lowest BCUT2D eigenvalue weighted by Crippen LogP contribution is -2.63. The summed E-state index contributed by atoms with van der Waals surface area (Å²) in [5.74, 6) is -1.06. The molecule has 130 valence electrons. The molecule has 2 aliphatic heterocycles. The number of hydrogen-bond acceptors (Lipinski definition) is 5. The lowest BCUT2D eigenvalue weighted by molar-refractivity contribution is -0.142. The van der Waals surface area contributed by atoms with Crippen molar-refractivity contribution in [3.63, 3.8) is 0 Å². The summed E-state index contributed by atoms with van der Waals surface area (Å²) in [6.45, 7) is 2.13. The number of carbonyl (C=O) groups is 3. The maximum atomic E-state index is 12.5. The highest BCUT2D eigenvalue weighted by molar-refractivity contribution is 7.88. The van der Waals surface area contributed by atoms with E-state index in [0.717, 1.165) is 12.7 Å². The van der Waals surface area contributed by atoms with E-state index >= 15 is 0 Å². The minimum atomic E-state index is -3.45. The van der Waals surface area contributed by atoms with Gasteiger partial charge >= 0.3 is 0 Å². The van der Waals surface area contributed by atoms with Crippen LogP contribution in [0.4, 0.5) is 0 Å². The molecule has 9 nitrogen and oxygen atoms in total. The summed E-state index contributed by atoms with van der Waals surface area (Å²) in [4.78, 5) is 37.3. The van der Waals surface area contributed by atoms with Crippen LogP contribution < -0.4 is 10.6 Å². The Hall–Kier alpha value is -1.68. The Labute approximate surface area is 135 Å². The van der Waals surface area contributed by atoms with Crippen LogP contribution in [0.3, 0.4) is 0 Å². The number of piperidine rings is 1. The minimum Gasteiger partial charge on any atom is -0.354 e. The molecule has 2 atom stereocenters. The number of nitrogens with one attached hydrogen (secondary N) is 2. The van der Waals surface area contributed by atoms with E-state index in [1.807, 2.05) is 0 Å². The smallest absolute Gasteiger partial charge is 0.244 e. The van der Waals surface area contributed by atoms with E-state index in [1.165, 1.54) is 16.1 Å². The highest BCUT2D eigenvalue weighted by Gasteiger charge is 2.38. The topological polar surface area (TPSA) is 116 Å². The molecule has 2 N–H and O–H groups in total. The molecule has 0 spiro atoms. The number of nitrogens with zero attached hydrogens (tertiary/aromatic N) is 2. The number of carbonyl (C=O) groups excluding carboxylic acids is 3. The third kappa shape index (κ3) is 4.20. The van der Waals surface area contributed by atoms with Crippen LogP contribution in [0.15, 0.2) is 0 Å². The van der Waals surface area contributed by atoms with Crippen molar-refractivity contribution >= 4 is 27.7 Å². The largest absolute Gasteiger partial charge is 0.354 e. The average molecular weight is 346 g/mol. The lowest BCUT2D eigenvalue weighted by atomic mass is 10.1. The number of rotatable bonds is 3. The van der Waals surface area contributed by atoms with E-state index < -0.39 is 28.0 Å². The van der Waals surface area contributed by atoms with Crippen LogP contribution in [0.5, 0.6) is 0 Å². The molecule has 0 saturated carbocycles. The summed E-state index contributed by atoms with van der Waals surface area (Å²) >= 11 is 0. The fourth-order valence-electron chi connectivity index (χ4n) is 2.84. The van der Waals surface area contributed by atoms with Gasteiger partial charge in [0.1, 0.15) is 12.1 Å². The molecule has 0 aromatic rings. The summed E-state index contributed by atoms with van der Waals surface area (Å²) in [7, 11) is -3.45. The molecule has 2 fully saturated rings. The summed E-state index contributed by atoms with van der Waals surface area (Å²) in [6.07, 6.45) is 2.35. The van der Waals surface area contributed by atoms with Crippen LogP contribution in [-0.2, 0) is 24.4 Å². The molecule has 2 heterocycles. The summed E-state index contributed by atoms with van der Waals surface area (Å²) < 4.78 is 24.6. The van der Waals surface area contributed by atoms with Crippen LogP contribution >= 0.6 is 0 Å². The van der Waals surface area contributed by atoms with Gasteiger partial charge in [0.05, 0.1) is 6.26 Å². The van der Waals surface area contributed by atoms with E-state index in [9.17, 15) is 22.8 Å². The summed E-state index contributed by atoms with van der Waals surface area (Å²) in [6, 6.07) is -1.57. The molecule has 2 unspecified atom stereocenters. The second-order valence-electron chi connectivity index (χ2n) is 5.84. The van der Waals surface area contributed by atoms with Crippen molar-refractivity contribution in [3.8, 4) is 0 Å². The molecule has 23 heavy (non-hydrogen) atoms. The maximum Gasteiger partial charge on any atom is 0.244 e. The molecule has 0 aromatic carbocycles. The monoisotopic (exact) mass is 346 g/mol. The Balaban J connectivity index is 2.12. The van der Waals surface area contributed by atoms with Gasteiger partial charge in [0.25, 0.3) is 0 Å². The number of amides is 3. The van der Waals surface area contributed by atoms with Gasteiger partial charge < -0.3 is 15.5 Å². The van der Waals surface area contributed by atoms with Crippen molar-refractivity contribution in [1.29, 1.82) is 0 Å². The van der Waals surface area contributed by atoms with E-state index in [4.69, 9.17) is 0 Å². The van der Waals surface area contributed by atoms with Gasteiger partial charge in [-0.05, 0) is 12.8 Å². The van der Waals surface area contributed by atoms with Crippen molar-refractivity contribution in [2.45, 2.75) is 31.8 Å². The highest BCUT2D eigenvalue weighted by atomic mass is 32.2. The third-order valence-corrected chi connectivity index (χ3v) is 5.39. The van der Waals surface area contributed by atoms with Crippen molar-refractivity contribution in [3.05, 3.63) is 0 Å². The first-order valence-corrected chi connectivity index (χ1v) is 9.35. The Bertz CT molecular complexity index is 605. The maximum absolute atomic E-state index is 12.5. The first-order valence-electron chi connectivity index (χ1n) is 7.50. The van der Waals surface area contributed by atoms with Gasteiger partial charge in [0.15, 0.2) is 0 Å². The fourth-order valence-corrected chi connectivity index (χ4v) is 3.66. The van der Waals surface area contributed by atoms with Crippen LogP contribution in [0.2, 0.25) is 0 Å². The molecule has 2 aliphatic rings. The second kappa shape index (κ2) is 6.83. The van der Waals surface area contributed by atoms with E-state index in [1.54, 1.807) is 0 Å². The molecule has 3 amide bonds. The van der Waals surface area contributed by atoms with Crippen LogP contribution in [0.1, 0.15) is 19.8 Å². The molecular weight excluding hydrogens is 324 g/mol. The molecular formula is C13H22N4O5S. The van der Waals surface area contributed by atoms with E-state index in [2.05, 4.69) is 10.6 Å². The first kappa shape index (κ1) is 17.7. The van der Waals surface area contributed by atoms with Gasteiger partial charge in [-0.15, -0.1) is 0 Å². The zero-order valence-corrected chi connectivity index (χ0v) is 14.1. The average Bonchev–Trinajstić information content (AvgIpc) is 2.48.